The lowest BCUT2D eigenvalue weighted by molar-refractivity contribution is -0.120. The van der Waals surface area contributed by atoms with Crippen LogP contribution < -0.4 is 10.1 Å². The third kappa shape index (κ3) is 5.39. The van der Waals surface area contributed by atoms with Gasteiger partial charge in [0.15, 0.2) is 0 Å². The van der Waals surface area contributed by atoms with Crippen LogP contribution in [0.25, 0.3) is 0 Å². The molecule has 0 unspecified atom stereocenters. The van der Waals surface area contributed by atoms with Crippen molar-refractivity contribution in [3.8, 4) is 5.75 Å². The second-order valence-corrected chi connectivity index (χ2v) is 10.2. The smallest absolute Gasteiger partial charge is 0.228 e. The second-order valence-electron chi connectivity index (χ2n) is 6.99. The van der Waals surface area contributed by atoms with Crippen LogP contribution in [0.3, 0.4) is 0 Å². The van der Waals surface area contributed by atoms with Gasteiger partial charge in [-0.2, -0.15) is 0 Å². The molecule has 1 heterocycles. The van der Waals surface area contributed by atoms with Gasteiger partial charge in [-0.3, -0.25) is 4.79 Å². The Balaban J connectivity index is 1.73. The van der Waals surface area contributed by atoms with Gasteiger partial charge in [0, 0.05) is 33.7 Å². The lowest BCUT2D eigenvalue weighted by Crippen LogP contribution is -2.44. The van der Waals surface area contributed by atoms with Crippen molar-refractivity contribution in [3.05, 3.63) is 57.0 Å². The Morgan fingerprint density at radius 3 is 2.57 bits per heavy atom. The summed E-state index contributed by atoms with van der Waals surface area (Å²) in [4.78, 5) is 12.8. The standard InChI is InChI=1S/C20H21Cl3N2O4S/c1-29-19-8-7-14(21)10-18(19)24-20(26)13-4-3-9-25(11-13)30(27,28)12-15-16(22)5-2-6-17(15)23/h2,5-8,10,13H,3-4,9,11-12H2,1H3,(H,24,26)/t13-/m1/s1. The fourth-order valence-electron chi connectivity index (χ4n) is 3.37. The minimum atomic E-state index is -3.70. The van der Waals surface area contributed by atoms with Gasteiger partial charge < -0.3 is 10.1 Å². The molecule has 2 aromatic carbocycles. The average molecular weight is 492 g/mol. The molecule has 6 nitrogen and oxygen atoms in total. The van der Waals surface area contributed by atoms with Gasteiger partial charge in [0.2, 0.25) is 15.9 Å². The van der Waals surface area contributed by atoms with E-state index in [9.17, 15) is 13.2 Å². The van der Waals surface area contributed by atoms with Crippen molar-refractivity contribution in [1.29, 1.82) is 0 Å². The van der Waals surface area contributed by atoms with Gasteiger partial charge >= 0.3 is 0 Å². The Labute approximate surface area is 191 Å². The van der Waals surface area contributed by atoms with E-state index in [1.807, 2.05) is 0 Å². The zero-order valence-corrected chi connectivity index (χ0v) is 19.3. The highest BCUT2D eigenvalue weighted by molar-refractivity contribution is 7.88. The number of carbonyl (C=O) groups is 1. The van der Waals surface area contributed by atoms with Crippen LogP contribution in [0.15, 0.2) is 36.4 Å². The van der Waals surface area contributed by atoms with E-state index in [1.54, 1.807) is 36.4 Å². The molecule has 0 bridgehead atoms. The van der Waals surface area contributed by atoms with Crippen LogP contribution in [0, 0.1) is 5.92 Å². The van der Waals surface area contributed by atoms with Crippen molar-refractivity contribution in [2.45, 2.75) is 18.6 Å². The number of hydrogen-bond acceptors (Lipinski definition) is 4. The van der Waals surface area contributed by atoms with Gasteiger partial charge in [-0.05, 0) is 43.2 Å². The van der Waals surface area contributed by atoms with Gasteiger partial charge in [-0.25, -0.2) is 12.7 Å². The largest absolute Gasteiger partial charge is 0.495 e. The van der Waals surface area contributed by atoms with E-state index in [4.69, 9.17) is 39.5 Å². The Bertz CT molecular complexity index is 1030. The van der Waals surface area contributed by atoms with Crippen LogP contribution in [0.5, 0.6) is 5.75 Å². The number of nitrogens with one attached hydrogen (secondary N) is 1. The SMILES string of the molecule is COc1ccc(Cl)cc1NC(=O)[C@@H]1CCCN(S(=O)(=O)Cc2c(Cl)cccc2Cl)C1. The molecule has 0 saturated carbocycles. The molecule has 0 spiro atoms. The number of ether oxygens (including phenoxy) is 1. The molecule has 1 atom stereocenters. The molecule has 30 heavy (non-hydrogen) atoms. The maximum atomic E-state index is 13.0. The van der Waals surface area contributed by atoms with Crippen LogP contribution in [-0.2, 0) is 20.6 Å². The topological polar surface area (TPSA) is 75.7 Å². The van der Waals surface area contributed by atoms with Gasteiger partial charge in [0.25, 0.3) is 0 Å². The summed E-state index contributed by atoms with van der Waals surface area (Å²) in [5.41, 5.74) is 0.800. The van der Waals surface area contributed by atoms with E-state index in [1.165, 1.54) is 11.4 Å². The van der Waals surface area contributed by atoms with E-state index in [-0.39, 0.29) is 18.2 Å². The molecule has 1 aliphatic rings. The third-order valence-electron chi connectivity index (χ3n) is 4.96. The van der Waals surface area contributed by atoms with E-state index in [0.717, 1.165) is 0 Å². The fraction of sp³-hybridized carbons (Fsp3) is 0.350. The summed E-state index contributed by atoms with van der Waals surface area (Å²) in [6.45, 7) is 0.424. The van der Waals surface area contributed by atoms with Crippen LogP contribution >= 0.6 is 34.8 Å². The highest BCUT2D eigenvalue weighted by Gasteiger charge is 2.33. The first-order chi connectivity index (χ1) is 14.2. The van der Waals surface area contributed by atoms with Crippen LogP contribution in [0.2, 0.25) is 15.1 Å². The number of piperidine rings is 1. The molecule has 0 aromatic heterocycles. The van der Waals surface area contributed by atoms with E-state index in [0.29, 0.717) is 51.5 Å². The molecule has 1 N–H and O–H groups in total. The van der Waals surface area contributed by atoms with E-state index >= 15 is 0 Å². The number of sulfonamides is 1. The normalized spacial score (nSPS) is 17.5. The fourth-order valence-corrected chi connectivity index (χ4v) is 5.90. The number of benzene rings is 2. The molecule has 1 saturated heterocycles. The summed E-state index contributed by atoms with van der Waals surface area (Å²) < 4.78 is 32.5. The van der Waals surface area contributed by atoms with Crippen molar-refractivity contribution in [2.75, 3.05) is 25.5 Å². The highest BCUT2D eigenvalue weighted by Crippen LogP contribution is 2.31. The van der Waals surface area contributed by atoms with E-state index in [2.05, 4.69) is 5.32 Å². The first kappa shape index (κ1) is 23.2. The lowest BCUT2D eigenvalue weighted by atomic mass is 9.98. The number of carbonyl (C=O) groups excluding carboxylic acids is 1. The zero-order chi connectivity index (χ0) is 21.9. The molecule has 1 fully saturated rings. The predicted octanol–water partition coefficient (Wildman–Crippen LogP) is 4.84. The molecule has 0 radical (unpaired) electrons. The number of nitrogens with zero attached hydrogens (tertiary/aromatic N) is 1. The van der Waals surface area contributed by atoms with Gasteiger partial charge in [-0.15, -0.1) is 0 Å². The van der Waals surface area contributed by atoms with E-state index < -0.39 is 15.9 Å². The zero-order valence-electron chi connectivity index (χ0n) is 16.2. The maximum absolute atomic E-state index is 13.0. The number of halogens is 3. The van der Waals surface area contributed by atoms with Gasteiger partial charge in [-0.1, -0.05) is 40.9 Å². The average Bonchev–Trinajstić information content (AvgIpc) is 2.71. The predicted molar refractivity (Wildman–Crippen MR) is 120 cm³/mol. The molecule has 1 amide bonds. The molecule has 1 aliphatic heterocycles. The quantitative estimate of drug-likeness (QED) is 0.627. The summed E-state index contributed by atoms with van der Waals surface area (Å²) in [5.74, 6) is -0.631. The van der Waals surface area contributed by atoms with Crippen molar-refractivity contribution >= 4 is 56.4 Å². The monoisotopic (exact) mass is 490 g/mol. The molecule has 0 aliphatic carbocycles. The van der Waals surface area contributed by atoms with Crippen molar-refractivity contribution in [1.82, 2.24) is 4.31 Å². The number of anilines is 1. The summed E-state index contributed by atoms with van der Waals surface area (Å²) in [6, 6.07) is 9.77. The Kier molecular flexibility index (Phi) is 7.52. The van der Waals surface area contributed by atoms with Crippen molar-refractivity contribution < 1.29 is 17.9 Å². The minimum Gasteiger partial charge on any atom is -0.495 e. The summed E-state index contributed by atoms with van der Waals surface area (Å²) in [5, 5.41) is 3.85. The summed E-state index contributed by atoms with van der Waals surface area (Å²) in [7, 11) is -2.21. The summed E-state index contributed by atoms with van der Waals surface area (Å²) in [6.07, 6.45) is 1.15. The number of methoxy groups -OCH3 is 1. The van der Waals surface area contributed by atoms with Crippen molar-refractivity contribution in [2.24, 2.45) is 5.92 Å². The van der Waals surface area contributed by atoms with Crippen molar-refractivity contribution in [3.63, 3.8) is 0 Å². The van der Waals surface area contributed by atoms with Crippen LogP contribution in [-0.4, -0.2) is 38.8 Å². The Morgan fingerprint density at radius 1 is 1.20 bits per heavy atom. The number of rotatable bonds is 6. The third-order valence-corrected chi connectivity index (χ3v) is 7.67. The highest BCUT2D eigenvalue weighted by atomic mass is 35.5. The van der Waals surface area contributed by atoms with Gasteiger partial charge in [0.05, 0.1) is 24.5 Å². The minimum absolute atomic E-state index is 0.0825. The maximum Gasteiger partial charge on any atom is 0.228 e. The Hall–Kier alpha value is -1.51. The number of amides is 1. The molecular formula is C20H21Cl3N2O4S. The number of hydrogen-bond donors (Lipinski definition) is 1. The summed E-state index contributed by atoms with van der Waals surface area (Å²) >= 11 is 18.3. The first-order valence-electron chi connectivity index (χ1n) is 9.26. The van der Waals surface area contributed by atoms with Crippen LogP contribution in [0.4, 0.5) is 5.69 Å². The molecular weight excluding hydrogens is 471 g/mol. The molecule has 2 aromatic rings. The van der Waals surface area contributed by atoms with Gasteiger partial charge in [0.1, 0.15) is 5.75 Å². The molecule has 162 valence electrons. The lowest BCUT2D eigenvalue weighted by Gasteiger charge is -2.31. The molecule has 3 rings (SSSR count). The molecule has 10 heteroatoms. The Morgan fingerprint density at radius 2 is 1.90 bits per heavy atom. The van der Waals surface area contributed by atoms with Crippen LogP contribution in [0.1, 0.15) is 18.4 Å². The second kappa shape index (κ2) is 9.75. The first-order valence-corrected chi connectivity index (χ1v) is 12.0.